The van der Waals surface area contributed by atoms with E-state index >= 15 is 0 Å². The van der Waals surface area contributed by atoms with E-state index in [1.807, 2.05) is 0 Å². The lowest BCUT2D eigenvalue weighted by Gasteiger charge is -2.18. The number of rotatable bonds is 4. The molecule has 0 radical (unpaired) electrons. The van der Waals surface area contributed by atoms with Crippen molar-refractivity contribution in [3.63, 3.8) is 0 Å². The lowest BCUT2D eigenvalue weighted by Crippen LogP contribution is -2.27. The van der Waals surface area contributed by atoms with Gasteiger partial charge in [0.15, 0.2) is 11.6 Å². The predicted octanol–water partition coefficient (Wildman–Crippen LogP) is 2.88. The van der Waals surface area contributed by atoms with E-state index in [-0.39, 0.29) is 0 Å². The van der Waals surface area contributed by atoms with Crippen LogP contribution in [0.2, 0.25) is 0 Å². The first-order valence-corrected chi connectivity index (χ1v) is 4.99. The fourth-order valence-electron chi connectivity index (χ4n) is 1.38. The van der Waals surface area contributed by atoms with Crippen molar-refractivity contribution >= 4 is 5.91 Å². The van der Waals surface area contributed by atoms with Crippen LogP contribution in [0, 0.1) is 11.6 Å². The number of amides is 1. The third-order valence-corrected chi connectivity index (χ3v) is 2.24. The first-order valence-electron chi connectivity index (χ1n) is 4.99. The molecule has 1 unspecified atom stereocenters. The highest BCUT2D eigenvalue weighted by molar-refractivity contribution is 5.87. The Balaban J connectivity index is 3.05. The molecule has 1 N–H and O–H groups in total. The van der Waals surface area contributed by atoms with Crippen LogP contribution in [-0.2, 0) is 4.79 Å². The van der Waals surface area contributed by atoms with E-state index in [1.165, 1.54) is 6.07 Å². The van der Waals surface area contributed by atoms with Gasteiger partial charge in [-0.3, -0.25) is 4.79 Å². The molecule has 4 heteroatoms. The molecule has 0 bridgehead atoms. The second-order valence-corrected chi connectivity index (χ2v) is 3.67. The summed E-state index contributed by atoms with van der Waals surface area (Å²) in [6, 6.07) is 2.90. The van der Waals surface area contributed by atoms with Gasteiger partial charge in [0.25, 0.3) is 0 Å². The van der Waals surface area contributed by atoms with Crippen LogP contribution in [0.1, 0.15) is 18.5 Å². The molecule has 0 aliphatic heterocycles. The molecule has 1 rings (SSSR count). The molecule has 2 nitrogen and oxygen atoms in total. The SMILES string of the molecule is C=CC(=O)NC(C(=C)C)c1ccc(F)c(F)c1. The lowest BCUT2D eigenvalue weighted by atomic mass is 10.0. The molecule has 0 aliphatic rings. The molecular weight excluding hydrogens is 224 g/mol. The van der Waals surface area contributed by atoms with Crippen LogP contribution in [0.5, 0.6) is 0 Å². The minimum atomic E-state index is -0.957. The second-order valence-electron chi connectivity index (χ2n) is 3.67. The Morgan fingerprint density at radius 1 is 1.41 bits per heavy atom. The summed E-state index contributed by atoms with van der Waals surface area (Å²) in [5.74, 6) is -2.28. The van der Waals surface area contributed by atoms with E-state index in [4.69, 9.17) is 0 Å². The summed E-state index contributed by atoms with van der Waals surface area (Å²) in [7, 11) is 0. The highest BCUT2D eigenvalue weighted by Crippen LogP contribution is 2.21. The largest absolute Gasteiger partial charge is 0.342 e. The Morgan fingerprint density at radius 2 is 2.06 bits per heavy atom. The zero-order valence-corrected chi connectivity index (χ0v) is 9.47. The highest BCUT2D eigenvalue weighted by atomic mass is 19.2. The summed E-state index contributed by atoms with van der Waals surface area (Å²) >= 11 is 0. The van der Waals surface area contributed by atoms with Crippen molar-refractivity contribution < 1.29 is 13.6 Å². The molecule has 0 saturated carbocycles. The first-order chi connectivity index (χ1) is 7.95. The maximum absolute atomic E-state index is 13.1. The smallest absolute Gasteiger partial charge is 0.244 e. The molecule has 1 atom stereocenters. The van der Waals surface area contributed by atoms with Crippen LogP contribution in [-0.4, -0.2) is 5.91 Å². The van der Waals surface area contributed by atoms with E-state index in [2.05, 4.69) is 18.5 Å². The van der Waals surface area contributed by atoms with Gasteiger partial charge in [0, 0.05) is 0 Å². The van der Waals surface area contributed by atoms with E-state index < -0.39 is 23.6 Å². The summed E-state index contributed by atoms with van der Waals surface area (Å²) in [6.07, 6.45) is 1.11. The topological polar surface area (TPSA) is 29.1 Å². The zero-order valence-electron chi connectivity index (χ0n) is 9.47. The second kappa shape index (κ2) is 5.39. The summed E-state index contributed by atoms with van der Waals surface area (Å²) in [4.78, 5) is 11.2. The molecule has 1 aromatic rings. The normalized spacial score (nSPS) is 11.7. The Morgan fingerprint density at radius 3 is 2.53 bits per heavy atom. The molecule has 17 heavy (non-hydrogen) atoms. The summed E-state index contributed by atoms with van der Waals surface area (Å²) < 4.78 is 25.9. The number of hydrogen-bond donors (Lipinski definition) is 1. The van der Waals surface area contributed by atoms with Crippen LogP contribution in [0.25, 0.3) is 0 Å². The average Bonchev–Trinajstić information content (AvgIpc) is 2.29. The van der Waals surface area contributed by atoms with Gasteiger partial charge in [-0.15, -0.1) is 0 Å². The molecule has 0 aliphatic carbocycles. The molecule has 1 amide bonds. The minimum absolute atomic E-state index is 0.400. The minimum Gasteiger partial charge on any atom is -0.342 e. The molecule has 1 aromatic carbocycles. The number of halogens is 2. The fraction of sp³-hybridized carbons (Fsp3) is 0.154. The standard InChI is InChI=1S/C13H13F2NO/c1-4-12(17)16-13(8(2)3)9-5-6-10(14)11(15)7-9/h4-7,13H,1-2H2,3H3,(H,16,17). The third-order valence-electron chi connectivity index (χ3n) is 2.24. The van der Waals surface area contributed by atoms with Gasteiger partial charge in [-0.2, -0.15) is 0 Å². The van der Waals surface area contributed by atoms with Crippen molar-refractivity contribution in [3.05, 3.63) is 60.2 Å². The van der Waals surface area contributed by atoms with E-state index in [1.54, 1.807) is 6.92 Å². The van der Waals surface area contributed by atoms with Gasteiger partial charge in [-0.05, 0) is 30.7 Å². The fourth-order valence-corrected chi connectivity index (χ4v) is 1.38. The maximum atomic E-state index is 13.1. The third kappa shape index (κ3) is 3.24. The first kappa shape index (κ1) is 13.1. The van der Waals surface area contributed by atoms with Crippen LogP contribution in [0.15, 0.2) is 43.0 Å². The number of benzene rings is 1. The highest BCUT2D eigenvalue weighted by Gasteiger charge is 2.15. The van der Waals surface area contributed by atoms with E-state index in [0.29, 0.717) is 11.1 Å². The molecule has 0 fully saturated rings. The van der Waals surface area contributed by atoms with E-state index in [0.717, 1.165) is 18.2 Å². The average molecular weight is 237 g/mol. The van der Waals surface area contributed by atoms with Crippen LogP contribution >= 0.6 is 0 Å². The number of carbonyl (C=O) groups is 1. The van der Waals surface area contributed by atoms with Gasteiger partial charge in [0.2, 0.25) is 5.91 Å². The summed E-state index contributed by atoms with van der Waals surface area (Å²) in [6.45, 7) is 8.72. The molecule has 0 aromatic heterocycles. The Bertz CT molecular complexity index is 468. The lowest BCUT2D eigenvalue weighted by molar-refractivity contribution is -0.117. The van der Waals surface area contributed by atoms with Crippen LogP contribution < -0.4 is 5.32 Å². The van der Waals surface area contributed by atoms with Crippen LogP contribution in [0.3, 0.4) is 0 Å². The zero-order chi connectivity index (χ0) is 13.0. The molecule has 90 valence electrons. The van der Waals surface area contributed by atoms with Crippen molar-refractivity contribution in [1.82, 2.24) is 5.32 Å². The molecule has 0 heterocycles. The number of carbonyl (C=O) groups excluding carboxylic acids is 1. The summed E-state index contributed by atoms with van der Waals surface area (Å²) in [5.41, 5.74) is 1.05. The monoisotopic (exact) mass is 237 g/mol. The van der Waals surface area contributed by atoms with Crippen molar-refractivity contribution in [2.24, 2.45) is 0 Å². The molecule has 0 saturated heterocycles. The van der Waals surface area contributed by atoms with Crippen molar-refractivity contribution in [1.29, 1.82) is 0 Å². The summed E-state index contributed by atoms with van der Waals surface area (Å²) in [5, 5.41) is 2.58. The van der Waals surface area contributed by atoms with Crippen molar-refractivity contribution in [2.45, 2.75) is 13.0 Å². The van der Waals surface area contributed by atoms with Crippen molar-refractivity contribution in [2.75, 3.05) is 0 Å². The van der Waals surface area contributed by atoms with Gasteiger partial charge < -0.3 is 5.32 Å². The molecule has 0 spiro atoms. The van der Waals surface area contributed by atoms with Gasteiger partial charge in [-0.1, -0.05) is 24.8 Å². The Kier molecular flexibility index (Phi) is 4.15. The van der Waals surface area contributed by atoms with E-state index in [9.17, 15) is 13.6 Å². The Labute approximate surface area is 98.6 Å². The quantitative estimate of drug-likeness (QED) is 0.633. The predicted molar refractivity (Wildman–Crippen MR) is 62.3 cm³/mol. The van der Waals surface area contributed by atoms with Crippen molar-refractivity contribution in [3.8, 4) is 0 Å². The number of nitrogens with one attached hydrogen (secondary N) is 1. The van der Waals surface area contributed by atoms with Gasteiger partial charge in [-0.25, -0.2) is 8.78 Å². The van der Waals surface area contributed by atoms with Crippen LogP contribution in [0.4, 0.5) is 8.78 Å². The van der Waals surface area contributed by atoms with Gasteiger partial charge in [0.05, 0.1) is 6.04 Å². The molecular formula is C13H13F2NO. The maximum Gasteiger partial charge on any atom is 0.244 e. The van der Waals surface area contributed by atoms with Gasteiger partial charge in [0.1, 0.15) is 0 Å². The van der Waals surface area contributed by atoms with Gasteiger partial charge >= 0.3 is 0 Å². The number of hydrogen-bond acceptors (Lipinski definition) is 1. The Hall–Kier alpha value is -1.97.